The fraction of sp³-hybridized carbons (Fsp3) is 0.333. The number of fused-ring (bicyclic) bond motifs is 1. The van der Waals surface area contributed by atoms with Crippen molar-refractivity contribution in [2.75, 3.05) is 5.32 Å². The summed E-state index contributed by atoms with van der Waals surface area (Å²) in [6.07, 6.45) is 9.68. The zero-order chi connectivity index (χ0) is 21.4. The monoisotopic (exact) mass is 431 g/mol. The lowest BCUT2D eigenvalue weighted by Gasteiger charge is -2.24. The first-order valence-electron chi connectivity index (χ1n) is 10.8. The van der Waals surface area contributed by atoms with Crippen molar-refractivity contribution in [1.82, 2.24) is 19.7 Å². The summed E-state index contributed by atoms with van der Waals surface area (Å²) >= 11 is 1.57. The summed E-state index contributed by atoms with van der Waals surface area (Å²) in [6, 6.07) is 8.52. The molecule has 1 amide bonds. The van der Waals surface area contributed by atoms with Crippen molar-refractivity contribution in [3.05, 3.63) is 48.2 Å². The van der Waals surface area contributed by atoms with E-state index in [1.807, 2.05) is 22.3 Å². The highest BCUT2D eigenvalue weighted by Gasteiger charge is 2.21. The van der Waals surface area contributed by atoms with E-state index < -0.39 is 0 Å². The molecule has 3 heterocycles. The summed E-state index contributed by atoms with van der Waals surface area (Å²) in [6.45, 7) is 4.25. The van der Waals surface area contributed by atoms with Crippen LogP contribution < -0.4 is 5.32 Å². The van der Waals surface area contributed by atoms with Gasteiger partial charge in [-0.3, -0.25) is 14.5 Å². The van der Waals surface area contributed by atoms with Crippen LogP contribution in [0, 0.1) is 5.92 Å². The van der Waals surface area contributed by atoms with Crippen molar-refractivity contribution >= 4 is 33.8 Å². The van der Waals surface area contributed by atoms with Crippen LogP contribution in [0.4, 0.5) is 5.69 Å². The molecule has 5 rings (SSSR count). The highest BCUT2D eigenvalue weighted by atomic mass is 32.1. The van der Waals surface area contributed by atoms with Gasteiger partial charge in [-0.1, -0.05) is 18.6 Å². The van der Waals surface area contributed by atoms with Gasteiger partial charge in [0.15, 0.2) is 0 Å². The van der Waals surface area contributed by atoms with Crippen molar-refractivity contribution in [2.45, 2.75) is 45.6 Å². The van der Waals surface area contributed by atoms with E-state index in [0.717, 1.165) is 38.4 Å². The summed E-state index contributed by atoms with van der Waals surface area (Å²) in [7, 11) is 0. The Bertz CT molecular complexity index is 1240. The maximum Gasteiger partial charge on any atom is 0.224 e. The summed E-state index contributed by atoms with van der Waals surface area (Å²) in [5.74, 6) is 0.661. The summed E-state index contributed by atoms with van der Waals surface area (Å²) in [5.41, 5.74) is 4.56. The minimum Gasteiger partial charge on any atom is -0.325 e. The molecule has 0 radical (unpaired) electrons. The Morgan fingerprint density at radius 3 is 2.81 bits per heavy atom. The average Bonchev–Trinajstić information content (AvgIpc) is 3.37. The maximum absolute atomic E-state index is 12.2. The molecule has 1 saturated carbocycles. The van der Waals surface area contributed by atoms with Crippen molar-refractivity contribution < 1.29 is 4.79 Å². The second-order valence-electron chi connectivity index (χ2n) is 8.49. The van der Waals surface area contributed by atoms with E-state index in [0.29, 0.717) is 12.3 Å². The van der Waals surface area contributed by atoms with Gasteiger partial charge in [-0.15, -0.1) is 11.3 Å². The van der Waals surface area contributed by atoms with Crippen molar-refractivity contribution in [1.29, 1.82) is 0 Å². The zero-order valence-electron chi connectivity index (χ0n) is 17.7. The standard InChI is InChI=1S/C24H25N5OS/c1-15(2)29-22-9-17(6-7-18(22)11-26-29)20-12-25-13-21(28-20)23-10-19(14-31-23)27-24(30)8-16-4-3-5-16/h6-7,9-16H,3-5,8H2,1-2H3,(H,27,30). The molecular weight excluding hydrogens is 406 g/mol. The number of carbonyl (C=O) groups is 1. The normalized spacial score (nSPS) is 14.2. The molecule has 0 unspecified atom stereocenters. The first-order chi connectivity index (χ1) is 15.1. The predicted octanol–water partition coefficient (Wildman–Crippen LogP) is 5.93. The molecule has 158 valence electrons. The van der Waals surface area contributed by atoms with Crippen LogP contribution in [0.3, 0.4) is 0 Å². The third kappa shape index (κ3) is 4.10. The third-order valence-electron chi connectivity index (χ3n) is 5.85. The Labute approximate surface area is 185 Å². The van der Waals surface area contributed by atoms with Crippen LogP contribution in [-0.4, -0.2) is 25.7 Å². The summed E-state index contributed by atoms with van der Waals surface area (Å²) in [4.78, 5) is 22.5. The fourth-order valence-electron chi connectivity index (χ4n) is 3.94. The van der Waals surface area contributed by atoms with Crippen molar-refractivity contribution in [3.63, 3.8) is 0 Å². The van der Waals surface area contributed by atoms with Gasteiger partial charge >= 0.3 is 0 Å². The van der Waals surface area contributed by atoms with E-state index in [1.165, 1.54) is 19.3 Å². The Morgan fingerprint density at radius 1 is 1.19 bits per heavy atom. The van der Waals surface area contributed by atoms with Gasteiger partial charge in [0.25, 0.3) is 0 Å². The van der Waals surface area contributed by atoms with E-state index in [1.54, 1.807) is 23.7 Å². The lowest BCUT2D eigenvalue weighted by atomic mass is 9.83. The smallest absolute Gasteiger partial charge is 0.224 e. The lowest BCUT2D eigenvalue weighted by molar-refractivity contribution is -0.117. The number of nitrogens with one attached hydrogen (secondary N) is 1. The van der Waals surface area contributed by atoms with E-state index in [4.69, 9.17) is 4.98 Å². The topological polar surface area (TPSA) is 72.7 Å². The molecule has 0 saturated heterocycles. The molecule has 0 spiro atoms. The van der Waals surface area contributed by atoms with Gasteiger partial charge in [-0.2, -0.15) is 5.10 Å². The van der Waals surface area contributed by atoms with Gasteiger partial charge in [0, 0.05) is 28.8 Å². The number of aromatic nitrogens is 4. The molecule has 1 N–H and O–H groups in total. The van der Waals surface area contributed by atoms with Gasteiger partial charge in [0.1, 0.15) is 0 Å². The fourth-order valence-corrected chi connectivity index (χ4v) is 4.73. The number of benzene rings is 1. The highest BCUT2D eigenvalue weighted by Crippen LogP contribution is 2.32. The SMILES string of the molecule is CC(C)n1ncc2ccc(-c3cncc(-c4cc(NC(=O)CC5CCC5)cs4)n3)cc21. The number of amides is 1. The first kappa shape index (κ1) is 19.9. The van der Waals surface area contributed by atoms with Crippen molar-refractivity contribution in [3.8, 4) is 21.8 Å². The molecule has 3 aromatic heterocycles. The average molecular weight is 432 g/mol. The Balaban J connectivity index is 1.38. The second-order valence-corrected chi connectivity index (χ2v) is 9.41. The van der Waals surface area contributed by atoms with Gasteiger partial charge in [0.2, 0.25) is 5.91 Å². The number of hydrogen-bond donors (Lipinski definition) is 1. The molecule has 1 aliphatic rings. The van der Waals surface area contributed by atoms with Crippen LogP contribution in [0.1, 0.15) is 45.6 Å². The molecule has 31 heavy (non-hydrogen) atoms. The molecule has 1 aliphatic carbocycles. The molecule has 1 aromatic carbocycles. The molecule has 0 atom stereocenters. The zero-order valence-corrected chi connectivity index (χ0v) is 18.5. The first-order valence-corrected chi connectivity index (χ1v) is 11.6. The van der Waals surface area contributed by atoms with Gasteiger partial charge in [-0.25, -0.2) is 4.98 Å². The van der Waals surface area contributed by atoms with E-state index in [-0.39, 0.29) is 11.9 Å². The molecule has 1 fully saturated rings. The number of hydrogen-bond acceptors (Lipinski definition) is 5. The minimum absolute atomic E-state index is 0.101. The van der Waals surface area contributed by atoms with Crippen LogP contribution in [0.5, 0.6) is 0 Å². The van der Waals surface area contributed by atoms with Gasteiger partial charge in [-0.05, 0) is 44.7 Å². The molecule has 7 heteroatoms. The van der Waals surface area contributed by atoms with Crippen LogP contribution in [-0.2, 0) is 4.79 Å². The van der Waals surface area contributed by atoms with Crippen LogP contribution in [0.15, 0.2) is 48.2 Å². The predicted molar refractivity (Wildman–Crippen MR) is 125 cm³/mol. The molecular formula is C24H25N5OS. The Hall–Kier alpha value is -3.06. The lowest BCUT2D eigenvalue weighted by Crippen LogP contribution is -2.20. The van der Waals surface area contributed by atoms with E-state index in [2.05, 4.69) is 47.4 Å². The molecule has 6 nitrogen and oxygen atoms in total. The molecule has 4 aromatic rings. The molecule has 0 aliphatic heterocycles. The molecule has 0 bridgehead atoms. The third-order valence-corrected chi connectivity index (χ3v) is 6.81. The van der Waals surface area contributed by atoms with Gasteiger partial charge in [0.05, 0.1) is 46.1 Å². The highest BCUT2D eigenvalue weighted by molar-refractivity contribution is 7.14. The largest absolute Gasteiger partial charge is 0.325 e. The van der Waals surface area contributed by atoms with Crippen LogP contribution >= 0.6 is 11.3 Å². The van der Waals surface area contributed by atoms with E-state index in [9.17, 15) is 4.79 Å². The number of rotatable bonds is 6. The second kappa shape index (κ2) is 8.23. The van der Waals surface area contributed by atoms with Gasteiger partial charge < -0.3 is 5.32 Å². The number of carbonyl (C=O) groups excluding carboxylic acids is 1. The van der Waals surface area contributed by atoms with Crippen molar-refractivity contribution in [2.24, 2.45) is 5.92 Å². The van der Waals surface area contributed by atoms with E-state index >= 15 is 0 Å². The van der Waals surface area contributed by atoms with Crippen LogP contribution in [0.25, 0.3) is 32.7 Å². The quantitative estimate of drug-likeness (QED) is 0.410. The maximum atomic E-state index is 12.2. The minimum atomic E-state index is 0.101. The summed E-state index contributed by atoms with van der Waals surface area (Å²) in [5, 5.41) is 10.6. The number of anilines is 1. The summed E-state index contributed by atoms with van der Waals surface area (Å²) < 4.78 is 2.02. The number of nitrogens with zero attached hydrogens (tertiary/aromatic N) is 4. The Kier molecular flexibility index (Phi) is 5.28. The van der Waals surface area contributed by atoms with Crippen LogP contribution in [0.2, 0.25) is 0 Å². The number of thiophene rings is 1. The Morgan fingerprint density at radius 2 is 2.03 bits per heavy atom.